The van der Waals surface area contributed by atoms with Crippen molar-refractivity contribution in [1.29, 1.82) is 0 Å². The molecule has 2 aliphatic heterocycles. The predicted molar refractivity (Wildman–Crippen MR) is 153 cm³/mol. The van der Waals surface area contributed by atoms with E-state index in [4.69, 9.17) is 48.6 Å². The molecular formula is C27H29Cl2N7O2S. The fourth-order valence-corrected chi connectivity index (χ4v) is 6.83. The van der Waals surface area contributed by atoms with Crippen LogP contribution in [0.1, 0.15) is 31.2 Å². The van der Waals surface area contributed by atoms with Crippen molar-refractivity contribution in [2.75, 3.05) is 24.6 Å². The van der Waals surface area contributed by atoms with Gasteiger partial charge >= 0.3 is 0 Å². The van der Waals surface area contributed by atoms with Gasteiger partial charge in [-0.1, -0.05) is 41.0 Å². The number of aromatic nitrogens is 5. The third-order valence-corrected chi connectivity index (χ3v) is 9.68. The van der Waals surface area contributed by atoms with Gasteiger partial charge < -0.3 is 24.9 Å². The molecule has 3 N–H and O–H groups in total. The molecule has 0 unspecified atom stereocenters. The number of hydrogen-bond donors (Lipinski definition) is 2. The number of nitrogens with two attached hydrogens (primary N) is 1. The van der Waals surface area contributed by atoms with E-state index < -0.39 is 0 Å². The minimum absolute atomic E-state index is 0.0124. The number of aliphatic hydroxyl groups is 1. The van der Waals surface area contributed by atoms with E-state index in [1.54, 1.807) is 6.07 Å². The van der Waals surface area contributed by atoms with Crippen LogP contribution in [-0.4, -0.2) is 61.3 Å². The van der Waals surface area contributed by atoms with Crippen LogP contribution in [0.5, 0.6) is 0 Å². The van der Waals surface area contributed by atoms with Crippen molar-refractivity contribution in [3.05, 3.63) is 58.2 Å². The first kappa shape index (κ1) is 26.7. The van der Waals surface area contributed by atoms with Gasteiger partial charge in [0.25, 0.3) is 0 Å². The molecule has 2 atom stereocenters. The number of piperidine rings is 1. The minimum atomic E-state index is -0.208. The minimum Gasteiger partial charge on any atom is -0.390 e. The Hall–Kier alpha value is -2.47. The monoisotopic (exact) mass is 585 g/mol. The Bertz CT molecular complexity index is 1540. The third-order valence-electron chi connectivity index (χ3n) is 7.85. The molecule has 9 nitrogen and oxygen atoms in total. The summed E-state index contributed by atoms with van der Waals surface area (Å²) >= 11 is 14.3. The molecule has 2 aliphatic rings. The van der Waals surface area contributed by atoms with Crippen LogP contribution < -0.4 is 10.6 Å². The first-order valence-corrected chi connectivity index (χ1v) is 14.4. The maximum Gasteiger partial charge on any atom is 0.157 e. The van der Waals surface area contributed by atoms with E-state index >= 15 is 0 Å². The van der Waals surface area contributed by atoms with Gasteiger partial charge in [0.15, 0.2) is 11.5 Å². The van der Waals surface area contributed by atoms with E-state index in [-0.39, 0.29) is 24.2 Å². The van der Waals surface area contributed by atoms with Gasteiger partial charge in [-0.3, -0.25) is 0 Å². The highest BCUT2D eigenvalue weighted by Gasteiger charge is 2.47. The molecule has 4 aromatic heterocycles. The molecule has 4 aromatic rings. The molecule has 2 saturated heterocycles. The average Bonchev–Trinajstić information content (AvgIpc) is 3.50. The predicted octanol–water partition coefficient (Wildman–Crippen LogP) is 4.78. The molecule has 0 amide bonds. The summed E-state index contributed by atoms with van der Waals surface area (Å²) in [6, 6.07) is 7.37. The van der Waals surface area contributed by atoms with Gasteiger partial charge in [0.1, 0.15) is 21.6 Å². The number of aryl methyl sites for hydroxylation is 1. The smallest absolute Gasteiger partial charge is 0.157 e. The van der Waals surface area contributed by atoms with Gasteiger partial charge in [-0.25, -0.2) is 19.9 Å². The third kappa shape index (κ3) is 4.87. The Morgan fingerprint density at radius 3 is 2.62 bits per heavy atom. The maximum absolute atomic E-state index is 10.2. The molecule has 2 fully saturated rings. The molecule has 12 heteroatoms. The number of rotatable bonds is 5. The maximum atomic E-state index is 10.2. The first-order valence-electron chi connectivity index (χ1n) is 12.9. The highest BCUT2D eigenvalue weighted by atomic mass is 35.5. The van der Waals surface area contributed by atoms with Gasteiger partial charge in [0, 0.05) is 41.8 Å². The molecule has 0 saturated carbocycles. The van der Waals surface area contributed by atoms with Gasteiger partial charge in [0.2, 0.25) is 0 Å². The van der Waals surface area contributed by atoms with Crippen molar-refractivity contribution in [3.63, 3.8) is 0 Å². The highest BCUT2D eigenvalue weighted by Crippen LogP contribution is 2.43. The lowest BCUT2D eigenvalue weighted by Gasteiger charge is -2.42. The fraction of sp³-hybridized carbons (Fsp3) is 0.407. The Morgan fingerprint density at radius 1 is 1.13 bits per heavy atom. The average molecular weight is 587 g/mol. The van der Waals surface area contributed by atoms with Crippen LogP contribution in [-0.2, 0) is 11.3 Å². The van der Waals surface area contributed by atoms with E-state index in [1.807, 2.05) is 48.8 Å². The van der Waals surface area contributed by atoms with Crippen molar-refractivity contribution < 1.29 is 9.84 Å². The van der Waals surface area contributed by atoms with Crippen LogP contribution in [0.2, 0.25) is 10.2 Å². The van der Waals surface area contributed by atoms with E-state index in [9.17, 15) is 5.11 Å². The topological polar surface area (TPSA) is 115 Å². The van der Waals surface area contributed by atoms with Crippen LogP contribution in [0.25, 0.3) is 17.0 Å². The normalized spacial score (nSPS) is 20.8. The zero-order valence-corrected chi connectivity index (χ0v) is 24.0. The van der Waals surface area contributed by atoms with E-state index in [2.05, 4.69) is 9.88 Å². The number of aliphatic hydroxyl groups excluding tert-OH is 1. The van der Waals surface area contributed by atoms with E-state index in [1.165, 1.54) is 11.8 Å². The zero-order valence-electron chi connectivity index (χ0n) is 21.6. The van der Waals surface area contributed by atoms with Gasteiger partial charge in [-0.2, -0.15) is 0 Å². The molecule has 0 aliphatic carbocycles. The molecule has 1 spiro atoms. The Labute approximate surface area is 240 Å². The molecule has 6 rings (SSSR count). The summed E-state index contributed by atoms with van der Waals surface area (Å²) in [6.45, 7) is 6.06. The lowest BCUT2D eigenvalue weighted by molar-refractivity contribution is 0.0973. The molecule has 6 heterocycles. The Kier molecular flexibility index (Phi) is 7.20. The van der Waals surface area contributed by atoms with Crippen molar-refractivity contribution in [1.82, 2.24) is 24.3 Å². The fourth-order valence-electron chi connectivity index (χ4n) is 5.48. The Balaban J connectivity index is 1.25. The summed E-state index contributed by atoms with van der Waals surface area (Å²) in [7, 11) is 0. The van der Waals surface area contributed by atoms with Crippen molar-refractivity contribution in [2.45, 2.75) is 55.4 Å². The summed E-state index contributed by atoms with van der Waals surface area (Å²) in [5, 5.41) is 11.8. The summed E-state index contributed by atoms with van der Waals surface area (Å²) in [5.74, 6) is 0.725. The largest absolute Gasteiger partial charge is 0.390 e. The zero-order chi connectivity index (χ0) is 27.3. The SMILES string of the molecule is Cc1nc(N2CCC3(CC2)CO[C@@H](C)[C@H]3N)c(CO)nc1Sc1ccn2cc(-c3cccc(Cl)n3)nc2c1Cl. The second-order valence-electron chi connectivity index (χ2n) is 10.2. The van der Waals surface area contributed by atoms with Crippen molar-refractivity contribution in [2.24, 2.45) is 11.1 Å². The summed E-state index contributed by atoms with van der Waals surface area (Å²) in [4.78, 5) is 21.7. The van der Waals surface area contributed by atoms with Gasteiger partial charge in [-0.15, -0.1) is 0 Å². The van der Waals surface area contributed by atoms with Crippen LogP contribution >= 0.6 is 35.0 Å². The van der Waals surface area contributed by atoms with Crippen molar-refractivity contribution in [3.8, 4) is 11.4 Å². The highest BCUT2D eigenvalue weighted by molar-refractivity contribution is 7.99. The second kappa shape index (κ2) is 10.5. The lowest BCUT2D eigenvalue weighted by Crippen LogP contribution is -2.51. The first-order chi connectivity index (χ1) is 18.8. The number of halogens is 2. The number of fused-ring (bicyclic) bond motifs is 1. The molecule has 0 bridgehead atoms. The number of hydrogen-bond acceptors (Lipinski definition) is 9. The van der Waals surface area contributed by atoms with Crippen LogP contribution in [0.3, 0.4) is 0 Å². The molecular weight excluding hydrogens is 557 g/mol. The molecule has 0 aromatic carbocycles. The molecule has 39 heavy (non-hydrogen) atoms. The summed E-state index contributed by atoms with van der Waals surface area (Å²) in [6.07, 6.45) is 5.69. The van der Waals surface area contributed by atoms with Crippen LogP contribution in [0.4, 0.5) is 5.82 Å². The van der Waals surface area contributed by atoms with Crippen LogP contribution in [0, 0.1) is 12.3 Å². The van der Waals surface area contributed by atoms with E-state index in [0.717, 1.165) is 42.3 Å². The van der Waals surface area contributed by atoms with E-state index in [0.29, 0.717) is 44.5 Å². The van der Waals surface area contributed by atoms with Gasteiger partial charge in [0.05, 0.1) is 35.7 Å². The van der Waals surface area contributed by atoms with Crippen molar-refractivity contribution >= 4 is 46.4 Å². The lowest BCUT2D eigenvalue weighted by atomic mass is 9.73. The molecule has 0 radical (unpaired) electrons. The number of pyridine rings is 2. The second-order valence-corrected chi connectivity index (χ2v) is 12.0. The molecule has 204 valence electrons. The van der Waals surface area contributed by atoms with Gasteiger partial charge in [-0.05, 0) is 44.9 Å². The van der Waals surface area contributed by atoms with Crippen LogP contribution in [0.15, 0.2) is 46.6 Å². The number of imidazole rings is 1. The Morgan fingerprint density at radius 2 is 1.92 bits per heavy atom. The number of anilines is 1. The number of nitrogens with zero attached hydrogens (tertiary/aromatic N) is 6. The summed E-state index contributed by atoms with van der Waals surface area (Å²) in [5.41, 5.74) is 9.77. The standard InChI is InChI=1S/C27H29Cl2N7O2S/c1-15-26(34-19(13-37)24(31-15)35-10-7-27(8-11-35)14-38-16(2)23(27)30)39-20-6-9-36-12-18(33-25(36)22(20)29)17-4-3-5-21(28)32-17/h3-6,9,12,16,23,37H,7-8,10-11,13-14,30H2,1-2H3/t16-,23+/m0/s1. The summed E-state index contributed by atoms with van der Waals surface area (Å²) < 4.78 is 7.72. The number of ether oxygens (including phenoxy) is 1. The quantitative estimate of drug-likeness (QED) is 0.319.